The van der Waals surface area contributed by atoms with Crippen molar-refractivity contribution in [3.63, 3.8) is 0 Å². The fourth-order valence-electron chi connectivity index (χ4n) is 3.46. The molecule has 0 fully saturated rings. The molecule has 0 saturated carbocycles. The van der Waals surface area contributed by atoms with Crippen molar-refractivity contribution in [3.8, 4) is 0 Å². The SMILES string of the molecule is CC[N+](c1ccc(F)cc1F)([SiH](C)C)C(C)(C)C(C)C. The number of nitrogens with zero attached hydrogens (tertiary/aromatic N) is 1. The molecule has 1 nitrogen and oxygen atoms in total. The Bertz CT molecular complexity index is 472. The number of halogens is 2. The van der Waals surface area contributed by atoms with Crippen molar-refractivity contribution in [1.82, 2.24) is 4.15 Å². The number of quaternary nitrogens is 1. The lowest BCUT2D eigenvalue weighted by molar-refractivity contribution is 0.166. The summed E-state index contributed by atoms with van der Waals surface area (Å²) in [6.45, 7) is 16.2. The van der Waals surface area contributed by atoms with E-state index in [4.69, 9.17) is 0 Å². The van der Waals surface area contributed by atoms with Gasteiger partial charge in [-0.1, -0.05) is 13.8 Å². The maximum atomic E-state index is 14.5. The van der Waals surface area contributed by atoms with Gasteiger partial charge in [-0.05, 0) is 39.9 Å². The van der Waals surface area contributed by atoms with E-state index in [9.17, 15) is 8.78 Å². The summed E-state index contributed by atoms with van der Waals surface area (Å²) in [5.41, 5.74) is 0.558. The van der Waals surface area contributed by atoms with Gasteiger partial charge in [0.25, 0.3) is 8.96 Å². The summed E-state index contributed by atoms with van der Waals surface area (Å²) in [4.78, 5) is 0. The maximum Gasteiger partial charge on any atom is 0.269 e. The third kappa shape index (κ3) is 2.55. The van der Waals surface area contributed by atoms with Gasteiger partial charge in [0.2, 0.25) is 0 Å². The third-order valence-corrected chi connectivity index (χ3v) is 8.23. The smallest absolute Gasteiger partial charge is 0.269 e. The van der Waals surface area contributed by atoms with Crippen LogP contribution in [0.2, 0.25) is 13.1 Å². The van der Waals surface area contributed by atoms with Crippen molar-refractivity contribution < 1.29 is 8.78 Å². The average molecular weight is 300 g/mol. The summed E-state index contributed by atoms with van der Waals surface area (Å²) >= 11 is 0. The second kappa shape index (κ2) is 5.94. The predicted molar refractivity (Wildman–Crippen MR) is 86.5 cm³/mol. The molecule has 0 N–H and O–H groups in total. The van der Waals surface area contributed by atoms with E-state index in [2.05, 4.69) is 47.7 Å². The highest BCUT2D eigenvalue weighted by Crippen LogP contribution is 2.40. The Balaban J connectivity index is 3.62. The van der Waals surface area contributed by atoms with Gasteiger partial charge in [0.1, 0.15) is 5.82 Å². The molecule has 114 valence electrons. The van der Waals surface area contributed by atoms with Crippen molar-refractivity contribution in [2.24, 2.45) is 5.92 Å². The van der Waals surface area contributed by atoms with Crippen LogP contribution in [0.25, 0.3) is 0 Å². The summed E-state index contributed by atoms with van der Waals surface area (Å²) in [7, 11) is -1.30. The molecule has 1 aromatic carbocycles. The minimum absolute atomic E-state index is 0.0895. The Morgan fingerprint density at radius 2 is 1.75 bits per heavy atom. The molecule has 0 spiro atoms. The lowest BCUT2D eigenvalue weighted by atomic mass is 9.88. The van der Waals surface area contributed by atoms with Gasteiger partial charge >= 0.3 is 0 Å². The molecule has 0 amide bonds. The predicted octanol–water partition coefficient (Wildman–Crippen LogP) is 4.71. The van der Waals surface area contributed by atoms with Crippen LogP contribution in [0.5, 0.6) is 0 Å². The Labute approximate surface area is 123 Å². The van der Waals surface area contributed by atoms with Crippen LogP contribution in [-0.4, -0.2) is 21.0 Å². The van der Waals surface area contributed by atoms with E-state index >= 15 is 0 Å². The van der Waals surface area contributed by atoms with Crippen LogP contribution in [0.4, 0.5) is 14.5 Å². The molecule has 0 aromatic heterocycles. The van der Waals surface area contributed by atoms with Crippen LogP contribution in [0.3, 0.4) is 0 Å². The molecule has 0 bridgehead atoms. The van der Waals surface area contributed by atoms with Crippen molar-refractivity contribution in [3.05, 3.63) is 29.8 Å². The van der Waals surface area contributed by atoms with E-state index in [0.717, 1.165) is 12.6 Å². The normalized spacial score (nSPS) is 15.8. The van der Waals surface area contributed by atoms with Crippen molar-refractivity contribution in [2.45, 2.75) is 53.3 Å². The van der Waals surface area contributed by atoms with Gasteiger partial charge in [-0.25, -0.2) is 8.78 Å². The molecular formula is C16H28F2NSi+. The van der Waals surface area contributed by atoms with E-state index in [1.165, 1.54) is 6.07 Å². The Hall–Kier alpha value is -0.743. The quantitative estimate of drug-likeness (QED) is 0.691. The Morgan fingerprint density at radius 1 is 1.20 bits per heavy atom. The fraction of sp³-hybridized carbons (Fsp3) is 0.625. The van der Waals surface area contributed by atoms with E-state index in [0.29, 0.717) is 15.8 Å². The van der Waals surface area contributed by atoms with Gasteiger partial charge in [-0.2, -0.15) is 0 Å². The lowest BCUT2D eigenvalue weighted by Crippen LogP contribution is -2.71. The number of benzene rings is 1. The van der Waals surface area contributed by atoms with E-state index in [-0.39, 0.29) is 5.54 Å². The van der Waals surface area contributed by atoms with Gasteiger partial charge < -0.3 is 4.15 Å². The summed E-state index contributed by atoms with van der Waals surface area (Å²) in [6, 6.07) is 4.05. The molecule has 0 saturated heterocycles. The summed E-state index contributed by atoms with van der Waals surface area (Å²) in [5, 5.41) is 0. The molecule has 1 unspecified atom stereocenters. The minimum atomic E-state index is -1.30. The first kappa shape index (κ1) is 17.3. The summed E-state index contributed by atoms with van der Waals surface area (Å²) in [5.74, 6) is -0.517. The Morgan fingerprint density at radius 3 is 2.10 bits per heavy atom. The molecule has 0 radical (unpaired) electrons. The van der Waals surface area contributed by atoms with Crippen LogP contribution in [-0.2, 0) is 0 Å². The second-order valence-electron chi connectivity index (χ2n) is 6.68. The van der Waals surface area contributed by atoms with Crippen LogP contribution >= 0.6 is 0 Å². The van der Waals surface area contributed by atoms with Crippen molar-refractivity contribution >= 4 is 14.6 Å². The zero-order valence-corrected chi connectivity index (χ0v) is 15.0. The highest BCUT2D eigenvalue weighted by Gasteiger charge is 2.49. The fourth-order valence-corrected chi connectivity index (χ4v) is 6.59. The molecule has 0 aliphatic rings. The summed E-state index contributed by atoms with van der Waals surface area (Å²) < 4.78 is 28.4. The highest BCUT2D eigenvalue weighted by atomic mass is 28.3. The molecule has 0 aliphatic heterocycles. The van der Waals surface area contributed by atoms with E-state index in [1.807, 2.05) is 0 Å². The van der Waals surface area contributed by atoms with Crippen molar-refractivity contribution in [2.75, 3.05) is 6.54 Å². The van der Waals surface area contributed by atoms with Crippen LogP contribution in [0.1, 0.15) is 34.6 Å². The first-order valence-corrected chi connectivity index (χ1v) is 10.3. The molecular weight excluding hydrogens is 272 g/mol. The zero-order valence-electron chi connectivity index (χ0n) is 13.8. The number of hydrogen-bond donors (Lipinski definition) is 0. The van der Waals surface area contributed by atoms with E-state index in [1.54, 1.807) is 6.07 Å². The largest absolute Gasteiger partial charge is 0.346 e. The monoisotopic (exact) mass is 300 g/mol. The number of hydrogen-bond acceptors (Lipinski definition) is 0. The second-order valence-corrected chi connectivity index (χ2v) is 9.75. The molecule has 1 rings (SSSR count). The van der Waals surface area contributed by atoms with Gasteiger partial charge in [0, 0.05) is 18.1 Å². The minimum Gasteiger partial charge on any atom is -0.346 e. The highest BCUT2D eigenvalue weighted by molar-refractivity contribution is 6.57. The Kier molecular flexibility index (Phi) is 5.14. The maximum absolute atomic E-state index is 14.5. The first-order valence-electron chi connectivity index (χ1n) is 7.44. The van der Waals surface area contributed by atoms with E-state index < -0.39 is 20.6 Å². The standard InChI is InChI=1S/C16H28F2NSi/c1-8-19(20(6)7,16(4,5)12(2)3)15-10-9-13(17)11-14(15)18/h9-12,20H,8H2,1-7H3/q+1. The van der Waals surface area contributed by atoms with Gasteiger partial charge in [-0.3, -0.25) is 0 Å². The van der Waals surface area contributed by atoms with Gasteiger partial charge in [-0.15, -0.1) is 0 Å². The molecule has 0 aliphatic carbocycles. The first-order chi connectivity index (χ1) is 9.11. The van der Waals surface area contributed by atoms with Gasteiger partial charge in [0.15, 0.2) is 11.5 Å². The van der Waals surface area contributed by atoms with Crippen LogP contribution in [0.15, 0.2) is 18.2 Å². The summed E-state index contributed by atoms with van der Waals surface area (Å²) in [6.07, 6.45) is 0. The molecule has 1 atom stereocenters. The molecule has 20 heavy (non-hydrogen) atoms. The number of rotatable bonds is 5. The van der Waals surface area contributed by atoms with Crippen LogP contribution in [0, 0.1) is 17.6 Å². The third-order valence-electron chi connectivity index (χ3n) is 5.16. The van der Waals surface area contributed by atoms with Crippen LogP contribution < -0.4 is 4.15 Å². The zero-order chi connectivity index (χ0) is 15.7. The molecule has 4 heteroatoms. The van der Waals surface area contributed by atoms with Gasteiger partial charge in [0.05, 0.1) is 12.1 Å². The molecule has 1 aromatic rings. The van der Waals surface area contributed by atoms with Crippen molar-refractivity contribution in [1.29, 1.82) is 0 Å². The topological polar surface area (TPSA) is 0 Å². The molecule has 0 heterocycles. The average Bonchev–Trinajstić information content (AvgIpc) is 2.32. The lowest BCUT2D eigenvalue weighted by Gasteiger charge is -2.55.